The summed E-state index contributed by atoms with van der Waals surface area (Å²) in [7, 11) is 1.71. The van der Waals surface area contributed by atoms with Crippen molar-refractivity contribution >= 4 is 38.8 Å². The molecule has 0 fully saturated rings. The minimum Gasteiger partial charge on any atom is -0.389 e. The molecule has 3 nitrogen and oxygen atoms in total. The van der Waals surface area contributed by atoms with Gasteiger partial charge in [-0.15, -0.1) is 0 Å². The Bertz CT molecular complexity index is 423. The largest absolute Gasteiger partial charge is 0.389 e. The quantitative estimate of drug-likeness (QED) is 0.786. The van der Waals surface area contributed by atoms with Gasteiger partial charge >= 0.3 is 0 Å². The van der Waals surface area contributed by atoms with E-state index in [9.17, 15) is 0 Å². The zero-order chi connectivity index (χ0) is 13.7. The molecule has 1 aromatic rings. The number of halogens is 1. The molecule has 0 saturated heterocycles. The molecule has 0 aromatic heterocycles. The second-order valence-electron chi connectivity index (χ2n) is 4.51. The fourth-order valence-electron chi connectivity index (χ4n) is 1.57. The maximum absolute atomic E-state index is 5.60. The lowest BCUT2D eigenvalue weighted by molar-refractivity contribution is 0.171. The summed E-state index contributed by atoms with van der Waals surface area (Å²) in [5.74, 6) is 0.479. The van der Waals surface area contributed by atoms with Crippen molar-refractivity contribution < 1.29 is 4.74 Å². The van der Waals surface area contributed by atoms with Crippen LogP contribution in [0, 0.1) is 5.92 Å². The number of nitrogens with two attached hydrogens (primary N) is 1. The van der Waals surface area contributed by atoms with Gasteiger partial charge in [-0.05, 0) is 40.0 Å². The third kappa shape index (κ3) is 4.23. The Labute approximate surface area is 122 Å². The third-order valence-corrected chi connectivity index (χ3v) is 3.64. The molecule has 5 heteroatoms. The van der Waals surface area contributed by atoms with Gasteiger partial charge in [-0.25, -0.2) is 0 Å². The van der Waals surface area contributed by atoms with Crippen molar-refractivity contribution in [1.29, 1.82) is 0 Å². The molecule has 100 valence electrons. The molecule has 0 bridgehead atoms. The molecule has 0 aliphatic carbocycles. The van der Waals surface area contributed by atoms with Crippen molar-refractivity contribution in [3.8, 4) is 0 Å². The van der Waals surface area contributed by atoms with Crippen LogP contribution in [-0.4, -0.2) is 24.7 Å². The SMILES string of the molecule is COCC(Nc1ccc(C(N)=S)cc1Br)C(C)C. The van der Waals surface area contributed by atoms with Gasteiger partial charge in [0.1, 0.15) is 4.99 Å². The Kier molecular flexibility index (Phi) is 6.05. The summed E-state index contributed by atoms with van der Waals surface area (Å²) in [6, 6.07) is 6.08. The van der Waals surface area contributed by atoms with Crippen LogP contribution in [0.4, 0.5) is 5.69 Å². The fraction of sp³-hybridized carbons (Fsp3) is 0.462. The number of hydrogen-bond donors (Lipinski definition) is 2. The number of rotatable bonds is 6. The van der Waals surface area contributed by atoms with Crippen molar-refractivity contribution in [2.45, 2.75) is 19.9 Å². The lowest BCUT2D eigenvalue weighted by Gasteiger charge is -2.23. The van der Waals surface area contributed by atoms with Gasteiger partial charge in [-0.3, -0.25) is 0 Å². The van der Waals surface area contributed by atoms with E-state index in [1.54, 1.807) is 7.11 Å². The van der Waals surface area contributed by atoms with Gasteiger partial charge in [0.25, 0.3) is 0 Å². The number of anilines is 1. The molecule has 0 saturated carbocycles. The predicted octanol–water partition coefficient (Wildman–Crippen LogP) is 3.17. The molecule has 0 aliphatic rings. The second kappa shape index (κ2) is 7.07. The molecule has 3 N–H and O–H groups in total. The van der Waals surface area contributed by atoms with Crippen LogP contribution < -0.4 is 11.1 Å². The minimum atomic E-state index is 0.266. The summed E-state index contributed by atoms with van der Waals surface area (Å²) >= 11 is 8.48. The van der Waals surface area contributed by atoms with Gasteiger partial charge in [-0.1, -0.05) is 26.1 Å². The van der Waals surface area contributed by atoms with Crippen LogP contribution in [0.25, 0.3) is 0 Å². The molecule has 0 aliphatic heterocycles. The van der Waals surface area contributed by atoms with Crippen LogP contribution in [0.15, 0.2) is 22.7 Å². The molecule has 1 unspecified atom stereocenters. The summed E-state index contributed by atoms with van der Waals surface area (Å²) in [6.45, 7) is 4.99. The fourth-order valence-corrected chi connectivity index (χ4v) is 2.19. The first kappa shape index (κ1) is 15.4. The third-order valence-electron chi connectivity index (χ3n) is 2.75. The van der Waals surface area contributed by atoms with E-state index in [4.69, 9.17) is 22.7 Å². The number of methoxy groups -OCH3 is 1. The van der Waals surface area contributed by atoms with Crippen molar-refractivity contribution in [1.82, 2.24) is 0 Å². The first-order valence-corrected chi connectivity index (χ1v) is 7.00. The maximum Gasteiger partial charge on any atom is 0.104 e. The van der Waals surface area contributed by atoms with Gasteiger partial charge in [0.2, 0.25) is 0 Å². The van der Waals surface area contributed by atoms with Gasteiger partial charge in [0.05, 0.1) is 12.6 Å². The van der Waals surface area contributed by atoms with E-state index in [2.05, 4.69) is 35.1 Å². The average Bonchev–Trinajstić information content (AvgIpc) is 2.30. The smallest absolute Gasteiger partial charge is 0.104 e. The van der Waals surface area contributed by atoms with E-state index in [0.29, 0.717) is 17.5 Å². The van der Waals surface area contributed by atoms with Gasteiger partial charge in [-0.2, -0.15) is 0 Å². The van der Waals surface area contributed by atoms with Crippen LogP contribution in [0.3, 0.4) is 0 Å². The van der Waals surface area contributed by atoms with Crippen molar-refractivity contribution in [3.05, 3.63) is 28.2 Å². The topological polar surface area (TPSA) is 47.3 Å². The molecule has 1 atom stereocenters. The molecular weight excluding hydrogens is 312 g/mol. The summed E-state index contributed by atoms with van der Waals surface area (Å²) in [6.07, 6.45) is 0. The zero-order valence-electron chi connectivity index (χ0n) is 10.9. The van der Waals surface area contributed by atoms with Crippen LogP contribution >= 0.6 is 28.1 Å². The predicted molar refractivity (Wildman–Crippen MR) is 84.2 cm³/mol. The monoisotopic (exact) mass is 330 g/mol. The molecule has 18 heavy (non-hydrogen) atoms. The minimum absolute atomic E-state index is 0.266. The zero-order valence-corrected chi connectivity index (χ0v) is 13.3. The van der Waals surface area contributed by atoms with E-state index in [-0.39, 0.29) is 6.04 Å². The van der Waals surface area contributed by atoms with Crippen LogP contribution in [-0.2, 0) is 4.74 Å². The van der Waals surface area contributed by atoms with Crippen LogP contribution in [0.1, 0.15) is 19.4 Å². The first-order chi connectivity index (χ1) is 8.45. The molecule has 0 heterocycles. The van der Waals surface area contributed by atoms with Crippen LogP contribution in [0.5, 0.6) is 0 Å². The molecule has 1 rings (SSSR count). The highest BCUT2D eigenvalue weighted by molar-refractivity contribution is 9.10. The van der Waals surface area contributed by atoms with Gasteiger partial charge < -0.3 is 15.8 Å². The summed E-state index contributed by atoms with van der Waals surface area (Å²) in [5.41, 5.74) is 7.48. The normalized spacial score (nSPS) is 12.5. The Hall–Kier alpha value is -0.650. The molecule has 0 spiro atoms. The van der Waals surface area contributed by atoms with Crippen molar-refractivity contribution in [2.75, 3.05) is 19.0 Å². The van der Waals surface area contributed by atoms with E-state index in [0.717, 1.165) is 15.7 Å². The Morgan fingerprint density at radius 3 is 2.61 bits per heavy atom. The Morgan fingerprint density at radius 1 is 1.50 bits per heavy atom. The highest BCUT2D eigenvalue weighted by atomic mass is 79.9. The number of hydrogen-bond acceptors (Lipinski definition) is 3. The molecule has 1 aromatic carbocycles. The van der Waals surface area contributed by atoms with Gasteiger partial charge in [0.15, 0.2) is 0 Å². The van der Waals surface area contributed by atoms with E-state index in [1.165, 1.54) is 0 Å². The lowest BCUT2D eigenvalue weighted by atomic mass is 10.0. The van der Waals surface area contributed by atoms with E-state index < -0.39 is 0 Å². The number of ether oxygens (including phenoxy) is 1. The van der Waals surface area contributed by atoms with Crippen molar-refractivity contribution in [3.63, 3.8) is 0 Å². The molecule has 0 radical (unpaired) electrons. The number of thiocarbonyl (C=S) groups is 1. The first-order valence-electron chi connectivity index (χ1n) is 5.80. The average molecular weight is 331 g/mol. The highest BCUT2D eigenvalue weighted by Gasteiger charge is 2.14. The summed E-state index contributed by atoms with van der Waals surface area (Å²) in [5, 5.41) is 3.46. The number of nitrogens with one attached hydrogen (secondary N) is 1. The van der Waals surface area contributed by atoms with Crippen LogP contribution in [0.2, 0.25) is 0 Å². The Balaban J connectivity index is 2.86. The highest BCUT2D eigenvalue weighted by Crippen LogP contribution is 2.25. The number of benzene rings is 1. The maximum atomic E-state index is 5.60. The lowest BCUT2D eigenvalue weighted by Crippen LogP contribution is -2.30. The molecule has 0 amide bonds. The standard InChI is InChI=1S/C13H19BrN2OS/c1-8(2)12(7-17-3)16-11-5-4-9(13(15)18)6-10(11)14/h4-6,8,12,16H,7H2,1-3H3,(H2,15,18). The summed E-state index contributed by atoms with van der Waals surface area (Å²) < 4.78 is 6.17. The molecular formula is C13H19BrN2OS. The second-order valence-corrected chi connectivity index (χ2v) is 5.80. The van der Waals surface area contributed by atoms with Crippen molar-refractivity contribution in [2.24, 2.45) is 11.7 Å². The van der Waals surface area contributed by atoms with E-state index >= 15 is 0 Å². The Morgan fingerprint density at radius 2 is 2.17 bits per heavy atom. The summed E-state index contributed by atoms with van der Waals surface area (Å²) in [4.78, 5) is 0.402. The van der Waals surface area contributed by atoms with Gasteiger partial charge in [0, 0.05) is 22.8 Å². The van der Waals surface area contributed by atoms with E-state index in [1.807, 2.05) is 18.2 Å².